The summed E-state index contributed by atoms with van der Waals surface area (Å²) in [6, 6.07) is 5.33. The van der Waals surface area contributed by atoms with E-state index >= 15 is 0 Å². The van der Waals surface area contributed by atoms with E-state index < -0.39 is 47.2 Å². The summed E-state index contributed by atoms with van der Waals surface area (Å²) in [7, 11) is 0. The summed E-state index contributed by atoms with van der Waals surface area (Å²) in [4.78, 5) is 28.2. The largest absolute Gasteiger partial charge is 0.477 e. The minimum atomic E-state index is -4.76. The molecule has 38 heavy (non-hydrogen) atoms. The predicted octanol–water partition coefficient (Wildman–Crippen LogP) is 3.49. The van der Waals surface area contributed by atoms with Gasteiger partial charge in [-0.25, -0.2) is 18.9 Å². The van der Waals surface area contributed by atoms with Crippen LogP contribution in [0.2, 0.25) is 5.02 Å². The molecule has 15 heteroatoms. The molecule has 1 aromatic carbocycles. The van der Waals surface area contributed by atoms with Gasteiger partial charge in [0.15, 0.2) is 5.69 Å². The van der Waals surface area contributed by atoms with Crippen LogP contribution in [0.25, 0.3) is 11.4 Å². The number of alkyl halides is 3. The molecule has 2 heterocycles. The number of halogens is 5. The van der Waals surface area contributed by atoms with E-state index in [0.29, 0.717) is 16.4 Å². The highest BCUT2D eigenvalue weighted by molar-refractivity contribution is 6.31. The minimum absolute atomic E-state index is 0.0432. The maximum Gasteiger partial charge on any atom is 0.435 e. The van der Waals surface area contributed by atoms with Gasteiger partial charge in [-0.3, -0.25) is 4.79 Å². The van der Waals surface area contributed by atoms with Crippen molar-refractivity contribution in [1.29, 1.82) is 0 Å². The molecule has 5 N–H and O–H groups in total. The SMILES string of the molecule is C=C(/N=C\C(=C(/N)n1ccc(C(F)(F)F)n1)c1cc(C(=O)O)c(=O)n(CCO)c1)Nc1ccc(F)c(Cl)c1. The van der Waals surface area contributed by atoms with Crippen molar-refractivity contribution in [3.05, 3.63) is 93.1 Å². The molecule has 0 aliphatic carbocycles. The summed E-state index contributed by atoms with van der Waals surface area (Å²) in [5.41, 5.74) is 3.38. The molecule has 3 aromatic rings. The Hall–Kier alpha value is -4.43. The van der Waals surface area contributed by atoms with Crippen LogP contribution in [-0.4, -0.2) is 43.4 Å². The molecule has 3 rings (SSSR count). The van der Waals surface area contributed by atoms with Gasteiger partial charge in [0, 0.05) is 42.0 Å². The molecule has 0 amide bonds. The average molecular weight is 555 g/mol. The fraction of sp³-hybridized carbons (Fsp3) is 0.130. The second kappa shape index (κ2) is 11.3. The van der Waals surface area contributed by atoms with Gasteiger partial charge in [0.2, 0.25) is 0 Å². The standard InChI is InChI=1S/C23H19ClF4N6O4/c1-12(31-14-2-3-18(25)17(24)9-14)30-10-16(20(29)34-5-4-19(32-34)23(26,27)28)13-8-15(22(37)38)21(36)33(11-13)6-7-35/h2-5,8-11,31,35H,1,6-7,29H2,(H,37,38)/b20-16-,30-10-. The molecule has 0 unspecified atom stereocenters. The second-order valence-corrected chi connectivity index (χ2v) is 7.98. The molecule has 0 fully saturated rings. The summed E-state index contributed by atoms with van der Waals surface area (Å²) in [6.07, 6.45) is -1.62. The third-order valence-corrected chi connectivity index (χ3v) is 5.22. The van der Waals surface area contributed by atoms with Crippen LogP contribution < -0.4 is 16.6 Å². The van der Waals surface area contributed by atoms with Gasteiger partial charge >= 0.3 is 12.1 Å². The number of aliphatic hydroxyl groups is 1. The number of carboxylic acids is 1. The molecule has 0 bridgehead atoms. The Balaban J connectivity index is 2.13. The van der Waals surface area contributed by atoms with Crippen LogP contribution in [-0.2, 0) is 12.7 Å². The highest BCUT2D eigenvalue weighted by Crippen LogP contribution is 2.28. The minimum Gasteiger partial charge on any atom is -0.477 e. The zero-order valence-electron chi connectivity index (χ0n) is 19.2. The number of nitrogens with two attached hydrogens (primary N) is 1. The maximum absolute atomic E-state index is 13.4. The maximum atomic E-state index is 13.4. The van der Waals surface area contributed by atoms with Crippen LogP contribution >= 0.6 is 11.6 Å². The molecule has 0 radical (unpaired) electrons. The number of aliphatic hydroxyl groups excluding tert-OH is 1. The van der Waals surface area contributed by atoms with Gasteiger partial charge in [-0.2, -0.15) is 18.3 Å². The molecular weight excluding hydrogens is 536 g/mol. The van der Waals surface area contributed by atoms with Crippen molar-refractivity contribution in [3.63, 3.8) is 0 Å². The molecular formula is C23H19ClF4N6O4. The summed E-state index contributed by atoms with van der Waals surface area (Å²) in [6.45, 7) is 2.89. The van der Waals surface area contributed by atoms with Gasteiger partial charge in [0.25, 0.3) is 5.56 Å². The number of pyridine rings is 1. The molecule has 0 aliphatic rings. The number of aromatic carboxylic acids is 1. The van der Waals surface area contributed by atoms with Crippen LogP contribution in [0.1, 0.15) is 21.6 Å². The summed E-state index contributed by atoms with van der Waals surface area (Å²) in [5.74, 6) is -2.70. The first-order chi connectivity index (χ1) is 17.8. The lowest BCUT2D eigenvalue weighted by Gasteiger charge is -2.13. The zero-order valence-corrected chi connectivity index (χ0v) is 20.0. The first-order valence-electron chi connectivity index (χ1n) is 10.5. The molecule has 0 saturated heterocycles. The van der Waals surface area contributed by atoms with Gasteiger partial charge in [-0.05, 0) is 30.3 Å². The molecule has 2 aromatic heterocycles. The average Bonchev–Trinajstić information content (AvgIpc) is 3.34. The molecule has 0 atom stereocenters. The Morgan fingerprint density at radius 2 is 2.00 bits per heavy atom. The summed E-state index contributed by atoms with van der Waals surface area (Å²) in [5, 5.41) is 24.7. The van der Waals surface area contributed by atoms with E-state index in [9.17, 15) is 37.4 Å². The van der Waals surface area contributed by atoms with Gasteiger partial charge in [0.1, 0.15) is 23.0 Å². The van der Waals surface area contributed by atoms with Crippen molar-refractivity contribution in [1.82, 2.24) is 14.3 Å². The summed E-state index contributed by atoms with van der Waals surface area (Å²) < 4.78 is 54.3. The molecule has 0 aliphatic heterocycles. The second-order valence-electron chi connectivity index (χ2n) is 7.57. The highest BCUT2D eigenvalue weighted by Gasteiger charge is 2.34. The van der Waals surface area contributed by atoms with Crippen molar-refractivity contribution in [2.24, 2.45) is 10.7 Å². The fourth-order valence-electron chi connectivity index (χ4n) is 3.15. The number of anilines is 1. The Morgan fingerprint density at radius 3 is 2.58 bits per heavy atom. The van der Waals surface area contributed by atoms with Crippen molar-refractivity contribution in [3.8, 4) is 0 Å². The van der Waals surface area contributed by atoms with E-state index in [0.717, 1.165) is 35.3 Å². The van der Waals surface area contributed by atoms with E-state index in [1.165, 1.54) is 12.1 Å². The van der Waals surface area contributed by atoms with Crippen LogP contribution in [0.3, 0.4) is 0 Å². The quantitative estimate of drug-likeness (QED) is 0.234. The lowest BCUT2D eigenvalue weighted by Crippen LogP contribution is -2.28. The van der Waals surface area contributed by atoms with Crippen LogP contribution in [0.5, 0.6) is 0 Å². The van der Waals surface area contributed by atoms with Gasteiger partial charge in [-0.15, -0.1) is 0 Å². The number of carboxylic acid groups (broad SMARTS) is 1. The third-order valence-electron chi connectivity index (χ3n) is 4.93. The van der Waals surface area contributed by atoms with Crippen LogP contribution in [0.4, 0.5) is 23.2 Å². The van der Waals surface area contributed by atoms with Crippen molar-refractivity contribution in [2.45, 2.75) is 12.7 Å². The first kappa shape index (κ1) is 28.1. The number of benzene rings is 1. The summed E-state index contributed by atoms with van der Waals surface area (Å²) >= 11 is 5.75. The number of carbonyl (C=O) groups is 1. The smallest absolute Gasteiger partial charge is 0.435 e. The Bertz CT molecular complexity index is 1510. The lowest BCUT2D eigenvalue weighted by molar-refractivity contribution is -0.141. The van der Waals surface area contributed by atoms with Crippen molar-refractivity contribution in [2.75, 3.05) is 11.9 Å². The number of aromatic nitrogens is 3. The normalized spacial score (nSPS) is 12.5. The first-order valence-corrected chi connectivity index (χ1v) is 10.9. The van der Waals surface area contributed by atoms with Gasteiger partial charge in [-0.1, -0.05) is 18.2 Å². The van der Waals surface area contributed by atoms with Crippen LogP contribution in [0.15, 0.2) is 64.9 Å². The van der Waals surface area contributed by atoms with Crippen molar-refractivity contribution < 1.29 is 32.6 Å². The Labute approximate surface area is 216 Å². The van der Waals surface area contributed by atoms with E-state index in [1.807, 2.05) is 0 Å². The topological polar surface area (TPSA) is 148 Å². The number of hydrogen-bond acceptors (Lipinski definition) is 7. The predicted molar refractivity (Wildman–Crippen MR) is 132 cm³/mol. The molecule has 10 nitrogen and oxygen atoms in total. The zero-order chi connectivity index (χ0) is 28.2. The van der Waals surface area contributed by atoms with Gasteiger partial charge < -0.3 is 25.8 Å². The monoisotopic (exact) mass is 554 g/mol. The number of allylic oxidation sites excluding steroid dienone is 1. The Morgan fingerprint density at radius 1 is 1.29 bits per heavy atom. The van der Waals surface area contributed by atoms with Gasteiger partial charge in [0.05, 0.1) is 11.6 Å². The van der Waals surface area contributed by atoms with E-state index in [4.69, 9.17) is 17.3 Å². The third kappa shape index (κ3) is 6.46. The molecule has 0 spiro atoms. The molecule has 200 valence electrons. The Kier molecular flexibility index (Phi) is 8.38. The number of aliphatic imine (C=N–C) groups is 1. The highest BCUT2D eigenvalue weighted by atomic mass is 35.5. The lowest BCUT2D eigenvalue weighted by atomic mass is 10.1. The number of nitrogens with zero attached hydrogens (tertiary/aromatic N) is 4. The van der Waals surface area contributed by atoms with E-state index in [1.54, 1.807) is 0 Å². The van der Waals surface area contributed by atoms with E-state index in [-0.39, 0.29) is 28.5 Å². The van der Waals surface area contributed by atoms with E-state index in [2.05, 4.69) is 22.0 Å². The van der Waals surface area contributed by atoms with Crippen LogP contribution in [0, 0.1) is 5.82 Å². The molecule has 0 saturated carbocycles. The van der Waals surface area contributed by atoms with Crippen molar-refractivity contribution >= 4 is 40.9 Å². The number of hydrogen-bond donors (Lipinski definition) is 4. The number of nitrogens with one attached hydrogen (secondary N) is 1. The fourth-order valence-corrected chi connectivity index (χ4v) is 3.33. The number of rotatable bonds is 9.